The summed E-state index contributed by atoms with van der Waals surface area (Å²) in [7, 11) is 3.86. The molecular weight excluding hydrogens is 464 g/mol. The number of aromatic nitrogens is 4. The number of anilines is 4. The van der Waals surface area contributed by atoms with Crippen LogP contribution in [0, 0.1) is 20.8 Å². The first-order chi connectivity index (χ1) is 16.7. The van der Waals surface area contributed by atoms with Gasteiger partial charge in [-0.15, -0.1) is 0 Å². The van der Waals surface area contributed by atoms with Gasteiger partial charge in [-0.3, -0.25) is 9.89 Å². The zero-order valence-corrected chi connectivity index (χ0v) is 21.7. The van der Waals surface area contributed by atoms with Crippen LogP contribution in [0.2, 0.25) is 5.02 Å². The molecule has 2 aromatic heterocycles. The Morgan fingerprint density at radius 1 is 1.20 bits per heavy atom. The van der Waals surface area contributed by atoms with Crippen molar-refractivity contribution in [3.63, 3.8) is 0 Å². The van der Waals surface area contributed by atoms with Crippen molar-refractivity contribution in [3.05, 3.63) is 51.8 Å². The summed E-state index contributed by atoms with van der Waals surface area (Å²) < 4.78 is 0. The number of benzene rings is 1. The number of hydrogen-bond donors (Lipinski definition) is 3. The van der Waals surface area contributed by atoms with E-state index in [1.165, 1.54) is 11.1 Å². The smallest absolute Gasteiger partial charge is 0.236 e. The van der Waals surface area contributed by atoms with Crippen molar-refractivity contribution in [2.45, 2.75) is 39.5 Å². The zero-order chi connectivity index (χ0) is 25.1. The number of aryl methyl sites for hydroxylation is 3. The van der Waals surface area contributed by atoms with E-state index in [2.05, 4.69) is 56.8 Å². The van der Waals surface area contributed by atoms with E-state index in [9.17, 15) is 4.79 Å². The number of likely N-dealkylation sites (N-methyl/N-ethyl adjacent to an activating group) is 1. The van der Waals surface area contributed by atoms with Crippen LogP contribution >= 0.6 is 11.6 Å². The van der Waals surface area contributed by atoms with Crippen molar-refractivity contribution in [1.29, 1.82) is 0 Å². The molecule has 0 saturated carbocycles. The molecule has 1 aliphatic heterocycles. The Balaban J connectivity index is 1.50. The fourth-order valence-electron chi connectivity index (χ4n) is 4.48. The third-order valence-electron chi connectivity index (χ3n) is 6.22. The van der Waals surface area contributed by atoms with Crippen LogP contribution in [-0.2, 0) is 4.79 Å². The first-order valence-corrected chi connectivity index (χ1v) is 12.2. The number of nitrogens with one attached hydrogen (secondary N) is 3. The van der Waals surface area contributed by atoms with Gasteiger partial charge in [0.1, 0.15) is 5.02 Å². The second-order valence-corrected chi connectivity index (χ2v) is 9.92. The van der Waals surface area contributed by atoms with Crippen LogP contribution in [0.4, 0.5) is 23.3 Å². The maximum Gasteiger partial charge on any atom is 0.236 e. The number of carbonyl (C=O) groups excluding carboxylic acids is 1. The van der Waals surface area contributed by atoms with E-state index in [0.29, 0.717) is 35.1 Å². The number of H-pyrrole nitrogens is 1. The molecule has 0 aliphatic carbocycles. The van der Waals surface area contributed by atoms with Gasteiger partial charge in [0.2, 0.25) is 11.9 Å². The van der Waals surface area contributed by atoms with Crippen molar-refractivity contribution in [1.82, 2.24) is 30.0 Å². The van der Waals surface area contributed by atoms with Gasteiger partial charge in [0.05, 0.1) is 12.7 Å². The molecule has 3 heterocycles. The molecule has 3 aromatic rings. The maximum absolute atomic E-state index is 12.6. The topological polar surface area (TPSA) is 102 Å². The summed E-state index contributed by atoms with van der Waals surface area (Å²) >= 11 is 6.30. The predicted octanol–water partition coefficient (Wildman–Crippen LogP) is 4.53. The molecule has 0 spiro atoms. The molecule has 1 aromatic carbocycles. The Morgan fingerprint density at radius 3 is 2.71 bits per heavy atom. The average Bonchev–Trinajstić information content (AvgIpc) is 3.22. The first kappa shape index (κ1) is 24.9. The number of rotatable bonds is 7. The standard InChI is InChI=1S/C25H33ClN8O/c1-15-10-21(28-25-27-12-20(26)24(30-25)29-22-11-17(3)31-32-22)16(2)9-19(15)18-7-6-8-34(13-18)23(35)14-33(4)5/h9-12,18H,6-8,13-14H2,1-5H3,(H3,27,28,29,30,31,32). The van der Waals surface area contributed by atoms with Crippen molar-refractivity contribution in [3.8, 4) is 0 Å². The quantitative estimate of drug-likeness (QED) is 0.441. The molecule has 3 N–H and O–H groups in total. The lowest BCUT2D eigenvalue weighted by Crippen LogP contribution is -2.43. The third-order valence-corrected chi connectivity index (χ3v) is 6.50. The Bertz CT molecular complexity index is 1210. The van der Waals surface area contributed by atoms with Gasteiger partial charge in [-0.2, -0.15) is 10.1 Å². The van der Waals surface area contributed by atoms with Crippen molar-refractivity contribution < 1.29 is 4.79 Å². The second-order valence-electron chi connectivity index (χ2n) is 9.52. The van der Waals surface area contributed by atoms with Crippen molar-refractivity contribution >= 4 is 40.8 Å². The van der Waals surface area contributed by atoms with E-state index in [0.717, 1.165) is 42.9 Å². The lowest BCUT2D eigenvalue weighted by molar-refractivity contribution is -0.133. The number of likely N-dealkylation sites (tertiary alicyclic amines) is 1. The number of piperidine rings is 1. The molecule has 1 aliphatic rings. The van der Waals surface area contributed by atoms with Gasteiger partial charge in [-0.05, 0) is 70.5 Å². The van der Waals surface area contributed by atoms with Gasteiger partial charge in [0.15, 0.2) is 11.6 Å². The molecule has 1 unspecified atom stereocenters. The molecule has 1 amide bonds. The minimum Gasteiger partial charge on any atom is -0.341 e. The van der Waals surface area contributed by atoms with E-state index < -0.39 is 0 Å². The summed E-state index contributed by atoms with van der Waals surface area (Å²) in [5, 5.41) is 13.9. The van der Waals surface area contributed by atoms with Gasteiger partial charge >= 0.3 is 0 Å². The van der Waals surface area contributed by atoms with E-state index in [4.69, 9.17) is 11.6 Å². The summed E-state index contributed by atoms with van der Waals surface area (Å²) in [6.45, 7) is 8.17. The number of aromatic amines is 1. The highest BCUT2D eigenvalue weighted by molar-refractivity contribution is 6.32. The Kier molecular flexibility index (Phi) is 7.57. The predicted molar refractivity (Wildman–Crippen MR) is 140 cm³/mol. The third kappa shape index (κ3) is 6.10. The molecule has 186 valence electrons. The monoisotopic (exact) mass is 496 g/mol. The number of carbonyl (C=O) groups is 1. The van der Waals surface area contributed by atoms with Crippen LogP contribution in [0.5, 0.6) is 0 Å². The normalized spacial score (nSPS) is 16.0. The van der Waals surface area contributed by atoms with Gasteiger partial charge in [0, 0.05) is 36.5 Å². The highest BCUT2D eigenvalue weighted by atomic mass is 35.5. The SMILES string of the molecule is Cc1cc(Nc2nc(Nc3cc(C)c(C4CCCN(C(=O)CN(C)C)C4)cc3C)ncc2Cl)n[nH]1. The number of hydrogen-bond acceptors (Lipinski definition) is 7. The lowest BCUT2D eigenvalue weighted by Gasteiger charge is -2.34. The fraction of sp³-hybridized carbons (Fsp3) is 0.440. The van der Waals surface area contributed by atoms with Crippen LogP contribution in [0.3, 0.4) is 0 Å². The van der Waals surface area contributed by atoms with Crippen LogP contribution in [-0.4, -0.2) is 69.6 Å². The molecule has 1 fully saturated rings. The minimum atomic E-state index is 0.196. The van der Waals surface area contributed by atoms with E-state index >= 15 is 0 Å². The highest BCUT2D eigenvalue weighted by Crippen LogP contribution is 2.33. The minimum absolute atomic E-state index is 0.196. The summed E-state index contributed by atoms with van der Waals surface area (Å²) in [6.07, 6.45) is 3.67. The highest BCUT2D eigenvalue weighted by Gasteiger charge is 2.26. The molecule has 1 atom stereocenters. The summed E-state index contributed by atoms with van der Waals surface area (Å²) in [5.74, 6) is 2.09. The van der Waals surface area contributed by atoms with Crippen molar-refractivity contribution in [2.75, 3.05) is 44.4 Å². The van der Waals surface area contributed by atoms with E-state index in [1.54, 1.807) is 6.20 Å². The van der Waals surface area contributed by atoms with Gasteiger partial charge in [-0.25, -0.2) is 4.98 Å². The molecule has 35 heavy (non-hydrogen) atoms. The van der Waals surface area contributed by atoms with Gasteiger partial charge < -0.3 is 20.4 Å². The lowest BCUT2D eigenvalue weighted by atomic mass is 9.86. The number of halogens is 1. The van der Waals surface area contributed by atoms with Crippen LogP contribution in [0.15, 0.2) is 24.4 Å². The molecule has 0 bridgehead atoms. The van der Waals surface area contributed by atoms with Crippen LogP contribution in [0.1, 0.15) is 41.1 Å². The number of amides is 1. The van der Waals surface area contributed by atoms with Crippen LogP contribution < -0.4 is 10.6 Å². The number of nitrogens with zero attached hydrogens (tertiary/aromatic N) is 5. The molecule has 0 radical (unpaired) electrons. The Morgan fingerprint density at radius 2 is 2.00 bits per heavy atom. The van der Waals surface area contributed by atoms with Crippen LogP contribution in [0.25, 0.3) is 0 Å². The maximum atomic E-state index is 12.6. The summed E-state index contributed by atoms with van der Waals surface area (Å²) in [4.78, 5) is 25.4. The molecule has 9 nitrogen and oxygen atoms in total. The second kappa shape index (κ2) is 10.6. The fourth-order valence-corrected chi connectivity index (χ4v) is 4.62. The molecular formula is C25H33ClN8O. The first-order valence-electron chi connectivity index (χ1n) is 11.8. The molecule has 1 saturated heterocycles. The largest absolute Gasteiger partial charge is 0.341 e. The Hall–Kier alpha value is -3.17. The summed E-state index contributed by atoms with van der Waals surface area (Å²) in [6, 6.07) is 6.23. The molecule has 10 heteroatoms. The van der Waals surface area contributed by atoms with E-state index in [1.807, 2.05) is 36.9 Å². The summed E-state index contributed by atoms with van der Waals surface area (Å²) in [5.41, 5.74) is 5.45. The average molecular weight is 497 g/mol. The van der Waals surface area contributed by atoms with Gasteiger partial charge in [-0.1, -0.05) is 17.7 Å². The van der Waals surface area contributed by atoms with Crippen molar-refractivity contribution in [2.24, 2.45) is 0 Å². The molecule has 4 rings (SSSR count). The Labute approximate surface area is 211 Å². The zero-order valence-electron chi connectivity index (χ0n) is 20.9. The van der Waals surface area contributed by atoms with Gasteiger partial charge in [0.25, 0.3) is 0 Å². The van der Waals surface area contributed by atoms with E-state index in [-0.39, 0.29) is 5.91 Å².